The normalized spacial score (nSPS) is 23.8. The van der Waals surface area contributed by atoms with E-state index in [4.69, 9.17) is 4.74 Å². The molecule has 0 bridgehead atoms. The molecule has 10 heteroatoms. The highest BCUT2D eigenvalue weighted by molar-refractivity contribution is 6.00. The zero-order valence-electron chi connectivity index (χ0n) is 17.3. The van der Waals surface area contributed by atoms with Crippen LogP contribution < -0.4 is 5.32 Å². The lowest BCUT2D eigenvalue weighted by molar-refractivity contribution is -0.131. The monoisotopic (exact) mass is 418 g/mol. The quantitative estimate of drug-likeness (QED) is 0.756. The highest BCUT2D eigenvalue weighted by Crippen LogP contribution is 2.24. The Morgan fingerprint density at radius 2 is 2.17 bits per heavy atom. The number of halogens is 1. The largest absolute Gasteiger partial charge is 0.381 e. The molecule has 2 aliphatic heterocycles. The molecule has 0 aliphatic carbocycles. The van der Waals surface area contributed by atoms with E-state index in [2.05, 4.69) is 15.5 Å². The molecule has 0 radical (unpaired) electrons. The van der Waals surface area contributed by atoms with E-state index in [1.54, 1.807) is 35.0 Å². The second-order valence-electron chi connectivity index (χ2n) is 7.98. The van der Waals surface area contributed by atoms with Gasteiger partial charge < -0.3 is 15.0 Å². The van der Waals surface area contributed by atoms with E-state index in [0.29, 0.717) is 43.0 Å². The minimum Gasteiger partial charge on any atom is -0.381 e. The van der Waals surface area contributed by atoms with Gasteiger partial charge in [-0.05, 0) is 19.3 Å². The first kappa shape index (κ1) is 20.5. The molecule has 0 saturated carbocycles. The molecule has 0 aromatic carbocycles. The Kier molecular flexibility index (Phi) is 5.85. The van der Waals surface area contributed by atoms with E-state index < -0.39 is 18.1 Å². The number of rotatable bonds is 6. The Morgan fingerprint density at radius 3 is 2.83 bits per heavy atom. The maximum Gasteiger partial charge on any atom is 0.255 e. The Hall–Kier alpha value is -2.75. The zero-order valence-corrected chi connectivity index (χ0v) is 17.3. The number of nitrogens with one attached hydrogen (secondary N) is 1. The summed E-state index contributed by atoms with van der Waals surface area (Å²) in [5.41, 5.74) is 1.59. The first-order valence-corrected chi connectivity index (χ1v) is 10.3. The molecule has 0 unspecified atom stereocenters. The van der Waals surface area contributed by atoms with Crippen LogP contribution in [0, 0.1) is 5.92 Å². The summed E-state index contributed by atoms with van der Waals surface area (Å²) in [7, 11) is 1.79. The summed E-state index contributed by atoms with van der Waals surface area (Å²) in [6, 6.07) is -0.743. The lowest BCUT2D eigenvalue weighted by atomic mass is 10.0. The standard InChI is InChI=1S/C20H27FN6O3/c1-3-27-9-15(19(24-27)14-7-22-25(2)8-14)20(29)23-17-11-26(10-16(17)21)18(28)6-13-4-5-30-12-13/h7-9,13,16-17H,3-6,10-12H2,1-2H3,(H,23,29)/t13-,16+,17-/m1/s1. The van der Waals surface area contributed by atoms with Gasteiger partial charge in [0, 0.05) is 57.7 Å². The van der Waals surface area contributed by atoms with Gasteiger partial charge in [-0.2, -0.15) is 10.2 Å². The molecule has 2 saturated heterocycles. The maximum atomic E-state index is 14.6. The number of amides is 2. The van der Waals surface area contributed by atoms with Crippen molar-refractivity contribution < 1.29 is 18.7 Å². The van der Waals surface area contributed by atoms with Crippen molar-refractivity contribution in [2.45, 2.75) is 38.5 Å². The molecule has 4 rings (SSSR count). The summed E-state index contributed by atoms with van der Waals surface area (Å²) < 4.78 is 23.2. The molecule has 2 aromatic heterocycles. The number of carbonyl (C=O) groups is 2. The number of carbonyl (C=O) groups excluding carboxylic acids is 2. The number of aryl methyl sites for hydroxylation is 2. The van der Waals surface area contributed by atoms with Crippen LogP contribution in [0.5, 0.6) is 0 Å². The molecule has 2 fully saturated rings. The van der Waals surface area contributed by atoms with Crippen molar-refractivity contribution in [3.8, 4) is 11.3 Å². The molecule has 2 aromatic rings. The number of likely N-dealkylation sites (tertiary alicyclic amines) is 1. The summed E-state index contributed by atoms with van der Waals surface area (Å²) in [6.45, 7) is 3.95. The summed E-state index contributed by atoms with van der Waals surface area (Å²) in [5.74, 6) is -0.287. The fourth-order valence-electron chi connectivity index (χ4n) is 3.98. The van der Waals surface area contributed by atoms with Gasteiger partial charge in [0.25, 0.3) is 5.91 Å². The number of hydrogen-bond donors (Lipinski definition) is 1. The SMILES string of the molecule is CCn1cc(C(=O)N[C@@H]2CN(C(=O)C[C@H]3CCOC3)C[C@@H]2F)c(-c2cnn(C)c2)n1. The van der Waals surface area contributed by atoms with E-state index in [-0.39, 0.29) is 24.9 Å². The van der Waals surface area contributed by atoms with E-state index in [0.717, 1.165) is 6.42 Å². The first-order valence-electron chi connectivity index (χ1n) is 10.3. The Labute approximate surface area is 174 Å². The van der Waals surface area contributed by atoms with Crippen LogP contribution in [0.1, 0.15) is 30.1 Å². The van der Waals surface area contributed by atoms with Crippen molar-refractivity contribution >= 4 is 11.8 Å². The predicted molar refractivity (Wildman–Crippen MR) is 106 cm³/mol. The highest BCUT2D eigenvalue weighted by atomic mass is 19.1. The molecule has 2 aliphatic rings. The molecule has 0 spiro atoms. The van der Waals surface area contributed by atoms with Gasteiger partial charge in [-0.3, -0.25) is 19.0 Å². The first-order chi connectivity index (χ1) is 14.4. The van der Waals surface area contributed by atoms with Gasteiger partial charge in [-0.25, -0.2) is 4.39 Å². The molecule has 3 atom stereocenters. The maximum absolute atomic E-state index is 14.6. The van der Waals surface area contributed by atoms with E-state index in [9.17, 15) is 14.0 Å². The van der Waals surface area contributed by atoms with Gasteiger partial charge in [0.05, 0.1) is 24.3 Å². The smallest absolute Gasteiger partial charge is 0.255 e. The van der Waals surface area contributed by atoms with Gasteiger partial charge in [-0.1, -0.05) is 0 Å². The van der Waals surface area contributed by atoms with Crippen molar-refractivity contribution in [1.82, 2.24) is 29.8 Å². The molecular weight excluding hydrogens is 391 g/mol. The minimum atomic E-state index is -1.30. The molecule has 1 N–H and O–H groups in total. The molecule has 162 valence electrons. The van der Waals surface area contributed by atoms with Gasteiger partial charge in [0.1, 0.15) is 11.9 Å². The summed E-state index contributed by atoms with van der Waals surface area (Å²) in [5, 5.41) is 11.4. The topological polar surface area (TPSA) is 94.3 Å². The van der Waals surface area contributed by atoms with Crippen LogP contribution in [0.3, 0.4) is 0 Å². The summed E-state index contributed by atoms with van der Waals surface area (Å²) in [6.07, 6.45) is 4.99. The predicted octanol–water partition coefficient (Wildman–Crippen LogP) is 1.01. The van der Waals surface area contributed by atoms with Crippen molar-refractivity contribution in [2.75, 3.05) is 26.3 Å². The third-order valence-electron chi connectivity index (χ3n) is 5.71. The fraction of sp³-hybridized carbons (Fsp3) is 0.600. The van der Waals surface area contributed by atoms with Crippen LogP contribution >= 0.6 is 0 Å². The van der Waals surface area contributed by atoms with Crippen molar-refractivity contribution in [3.63, 3.8) is 0 Å². The van der Waals surface area contributed by atoms with Crippen molar-refractivity contribution in [1.29, 1.82) is 0 Å². The minimum absolute atomic E-state index is 0.00103. The zero-order chi connectivity index (χ0) is 21.3. The molecule has 30 heavy (non-hydrogen) atoms. The second kappa shape index (κ2) is 8.55. The number of nitrogens with zero attached hydrogens (tertiary/aromatic N) is 5. The van der Waals surface area contributed by atoms with Crippen LogP contribution in [-0.2, 0) is 23.1 Å². The third kappa shape index (κ3) is 4.23. The Bertz CT molecular complexity index is 920. The second-order valence-corrected chi connectivity index (χ2v) is 7.98. The van der Waals surface area contributed by atoms with Crippen LogP contribution in [0.4, 0.5) is 4.39 Å². The molecule has 2 amide bonds. The molecule has 9 nitrogen and oxygen atoms in total. The van der Waals surface area contributed by atoms with E-state index in [1.807, 2.05) is 6.92 Å². The van der Waals surface area contributed by atoms with Crippen LogP contribution in [0.25, 0.3) is 11.3 Å². The van der Waals surface area contributed by atoms with Crippen LogP contribution in [0.2, 0.25) is 0 Å². The summed E-state index contributed by atoms with van der Waals surface area (Å²) in [4.78, 5) is 27.0. The van der Waals surface area contributed by atoms with Gasteiger partial charge >= 0.3 is 0 Å². The van der Waals surface area contributed by atoms with Crippen molar-refractivity contribution in [3.05, 3.63) is 24.2 Å². The van der Waals surface area contributed by atoms with E-state index >= 15 is 0 Å². The lowest BCUT2D eigenvalue weighted by Crippen LogP contribution is -2.42. The summed E-state index contributed by atoms with van der Waals surface area (Å²) >= 11 is 0. The molecule has 4 heterocycles. The van der Waals surface area contributed by atoms with Gasteiger partial charge in [0.15, 0.2) is 0 Å². The van der Waals surface area contributed by atoms with Gasteiger partial charge in [0.2, 0.25) is 5.91 Å². The number of alkyl halides is 1. The van der Waals surface area contributed by atoms with Gasteiger partial charge in [-0.15, -0.1) is 0 Å². The van der Waals surface area contributed by atoms with Crippen LogP contribution in [-0.4, -0.2) is 74.8 Å². The number of hydrogen-bond acceptors (Lipinski definition) is 5. The highest BCUT2D eigenvalue weighted by Gasteiger charge is 2.37. The third-order valence-corrected chi connectivity index (χ3v) is 5.71. The number of ether oxygens (including phenoxy) is 1. The van der Waals surface area contributed by atoms with Crippen LogP contribution in [0.15, 0.2) is 18.6 Å². The Morgan fingerprint density at radius 1 is 1.33 bits per heavy atom. The molecular formula is C20H27FN6O3. The average molecular weight is 418 g/mol. The van der Waals surface area contributed by atoms with E-state index in [1.165, 1.54) is 4.90 Å². The lowest BCUT2D eigenvalue weighted by Gasteiger charge is -2.18. The fourth-order valence-corrected chi connectivity index (χ4v) is 3.98. The Balaban J connectivity index is 1.43. The number of aromatic nitrogens is 4. The average Bonchev–Trinajstić information content (AvgIpc) is 3.49. The van der Waals surface area contributed by atoms with Crippen molar-refractivity contribution in [2.24, 2.45) is 13.0 Å².